The highest BCUT2D eigenvalue weighted by Gasteiger charge is 2.22. The number of pyridine rings is 1. The highest BCUT2D eigenvalue weighted by molar-refractivity contribution is 7.92. The predicted octanol–water partition coefficient (Wildman–Crippen LogP) is 6.67. The van der Waals surface area contributed by atoms with E-state index in [4.69, 9.17) is 19.4 Å². The number of hydrogen-bond acceptors (Lipinski definition) is 10. The van der Waals surface area contributed by atoms with Gasteiger partial charge in [0.2, 0.25) is 21.9 Å². The molecule has 0 radical (unpaired) electrons. The van der Waals surface area contributed by atoms with E-state index in [0.717, 1.165) is 48.2 Å². The number of sulfonamides is 1. The fourth-order valence-corrected chi connectivity index (χ4v) is 6.17. The summed E-state index contributed by atoms with van der Waals surface area (Å²) in [6.07, 6.45) is 6.23. The minimum atomic E-state index is -3.53. The summed E-state index contributed by atoms with van der Waals surface area (Å²) < 4.78 is 38.4. The van der Waals surface area contributed by atoms with Crippen molar-refractivity contribution >= 4 is 43.2 Å². The lowest BCUT2D eigenvalue weighted by Crippen LogP contribution is -2.37. The average Bonchev–Trinajstić information content (AvgIpc) is 3.43. The summed E-state index contributed by atoms with van der Waals surface area (Å²) in [6.45, 7) is 20.4. The zero-order chi connectivity index (χ0) is 32.0. The van der Waals surface area contributed by atoms with Crippen LogP contribution < -0.4 is 14.4 Å². The molecule has 0 aliphatic carbocycles. The van der Waals surface area contributed by atoms with Gasteiger partial charge in [-0.1, -0.05) is 54.9 Å². The maximum atomic E-state index is 12.0. The van der Waals surface area contributed by atoms with Crippen molar-refractivity contribution in [3.63, 3.8) is 0 Å². The van der Waals surface area contributed by atoms with Gasteiger partial charge in [0.1, 0.15) is 5.69 Å². The summed E-state index contributed by atoms with van der Waals surface area (Å²) >= 11 is 1.62. The molecule has 0 saturated carbocycles. The van der Waals surface area contributed by atoms with E-state index < -0.39 is 10.0 Å². The van der Waals surface area contributed by atoms with Gasteiger partial charge in [0.15, 0.2) is 0 Å². The van der Waals surface area contributed by atoms with Crippen LogP contribution in [-0.4, -0.2) is 81.0 Å². The van der Waals surface area contributed by atoms with Crippen LogP contribution >= 0.6 is 11.3 Å². The molecule has 242 valence electrons. The first-order valence-electron chi connectivity index (χ1n) is 15.6. The third kappa shape index (κ3) is 10.5. The second-order valence-electron chi connectivity index (χ2n) is 10.1. The van der Waals surface area contributed by atoms with Crippen molar-refractivity contribution in [2.75, 3.05) is 62.4 Å². The second-order valence-corrected chi connectivity index (χ2v) is 12.8. The standard InChI is InChI=1S/C27H40N6O4S2.2C2H6/c1-6-9-32(10-8-19(3)7-2)17-21-18-38-25-23(29-27(30-24(21)25)33-11-13-37-14-12-33)20-15-22(31-39(5,34)35)26(36-4)28-16-20;2*1-2/h15-16,18-19,31H,6-14,17H2,1-5H3;2*1-2H3. The first-order chi connectivity index (χ1) is 20.7. The van der Waals surface area contributed by atoms with Gasteiger partial charge in [-0.2, -0.15) is 0 Å². The van der Waals surface area contributed by atoms with Crippen LogP contribution in [0.5, 0.6) is 5.88 Å². The van der Waals surface area contributed by atoms with Crippen LogP contribution in [-0.2, 0) is 21.3 Å². The van der Waals surface area contributed by atoms with Crippen molar-refractivity contribution in [2.45, 2.75) is 74.3 Å². The number of hydrogen-bond donors (Lipinski definition) is 1. The largest absolute Gasteiger partial charge is 0.480 e. The molecule has 1 unspecified atom stereocenters. The third-order valence-electron chi connectivity index (χ3n) is 6.95. The fourth-order valence-electron chi connectivity index (χ4n) is 4.62. The Kier molecular flexibility index (Phi) is 15.6. The minimum Gasteiger partial charge on any atom is -0.480 e. The second kappa shape index (κ2) is 18.3. The normalized spacial score (nSPS) is 14.0. The van der Waals surface area contributed by atoms with Gasteiger partial charge in [0, 0.05) is 37.0 Å². The highest BCUT2D eigenvalue weighted by Crippen LogP contribution is 2.37. The SMILES string of the molecule is CC.CC.CCCN(CCC(C)CC)Cc1csc2c(-c3cnc(OC)c(NS(C)(=O)=O)c3)nc(N3CCOCC3)nc12. The maximum absolute atomic E-state index is 12.0. The molecule has 1 saturated heterocycles. The third-order valence-corrected chi connectivity index (χ3v) is 8.57. The van der Waals surface area contributed by atoms with Gasteiger partial charge >= 0.3 is 0 Å². The molecule has 4 heterocycles. The maximum Gasteiger partial charge on any atom is 0.238 e. The summed E-state index contributed by atoms with van der Waals surface area (Å²) in [6, 6.07) is 1.73. The molecule has 1 N–H and O–H groups in total. The summed E-state index contributed by atoms with van der Waals surface area (Å²) in [7, 11) is -2.07. The zero-order valence-electron chi connectivity index (χ0n) is 27.6. The quantitative estimate of drug-likeness (QED) is 0.220. The number of aromatic nitrogens is 3. The number of morpholine rings is 1. The Morgan fingerprint density at radius 2 is 1.84 bits per heavy atom. The summed E-state index contributed by atoms with van der Waals surface area (Å²) in [5.41, 5.74) is 3.81. The van der Waals surface area contributed by atoms with Gasteiger partial charge in [0.25, 0.3) is 0 Å². The van der Waals surface area contributed by atoms with E-state index in [1.54, 1.807) is 23.6 Å². The van der Waals surface area contributed by atoms with Crippen molar-refractivity contribution in [1.82, 2.24) is 19.9 Å². The van der Waals surface area contributed by atoms with Crippen LogP contribution in [0.2, 0.25) is 0 Å². The van der Waals surface area contributed by atoms with Gasteiger partial charge in [-0.15, -0.1) is 11.3 Å². The zero-order valence-corrected chi connectivity index (χ0v) is 29.2. The molecule has 0 amide bonds. The number of nitrogens with zero attached hydrogens (tertiary/aromatic N) is 5. The number of fused-ring (bicyclic) bond motifs is 1. The highest BCUT2D eigenvalue weighted by atomic mass is 32.2. The average molecular weight is 637 g/mol. The van der Waals surface area contributed by atoms with Crippen LogP contribution in [0, 0.1) is 5.92 Å². The molecule has 1 aliphatic rings. The van der Waals surface area contributed by atoms with Crippen molar-refractivity contribution in [1.29, 1.82) is 0 Å². The Bertz CT molecular complexity index is 1360. The summed E-state index contributed by atoms with van der Waals surface area (Å²) in [4.78, 5) is 19.1. The van der Waals surface area contributed by atoms with Crippen LogP contribution in [0.3, 0.4) is 0 Å². The van der Waals surface area contributed by atoms with E-state index >= 15 is 0 Å². The lowest BCUT2D eigenvalue weighted by Gasteiger charge is -2.27. The Labute approximate surface area is 263 Å². The molecular weight excluding hydrogens is 585 g/mol. The van der Waals surface area contributed by atoms with E-state index in [1.165, 1.54) is 25.5 Å². The summed E-state index contributed by atoms with van der Waals surface area (Å²) in [5.74, 6) is 1.55. The Balaban J connectivity index is 0.00000155. The number of anilines is 2. The Morgan fingerprint density at radius 1 is 1.14 bits per heavy atom. The van der Waals surface area contributed by atoms with Gasteiger partial charge in [-0.3, -0.25) is 9.62 Å². The van der Waals surface area contributed by atoms with E-state index in [-0.39, 0.29) is 11.6 Å². The number of nitrogens with one attached hydrogen (secondary N) is 1. The van der Waals surface area contributed by atoms with Crippen molar-refractivity contribution < 1.29 is 17.9 Å². The molecule has 0 spiro atoms. The first-order valence-corrected chi connectivity index (χ1v) is 18.3. The van der Waals surface area contributed by atoms with Crippen LogP contribution in [0.25, 0.3) is 21.5 Å². The Morgan fingerprint density at radius 3 is 2.44 bits per heavy atom. The van der Waals surface area contributed by atoms with E-state index in [9.17, 15) is 8.42 Å². The molecule has 43 heavy (non-hydrogen) atoms. The molecule has 1 atom stereocenters. The topological polar surface area (TPSA) is 110 Å². The molecule has 12 heteroatoms. The predicted molar refractivity (Wildman–Crippen MR) is 181 cm³/mol. The number of ether oxygens (including phenoxy) is 2. The van der Waals surface area contributed by atoms with Gasteiger partial charge in [0.05, 0.1) is 42.5 Å². The lowest BCUT2D eigenvalue weighted by atomic mass is 10.0. The van der Waals surface area contributed by atoms with Crippen molar-refractivity contribution in [2.24, 2.45) is 5.92 Å². The number of rotatable bonds is 13. The number of methoxy groups -OCH3 is 1. The van der Waals surface area contributed by atoms with E-state index in [0.29, 0.717) is 43.7 Å². The molecule has 10 nitrogen and oxygen atoms in total. The van der Waals surface area contributed by atoms with Crippen molar-refractivity contribution in [3.8, 4) is 17.1 Å². The Hall–Kier alpha value is -2.54. The van der Waals surface area contributed by atoms with Crippen LogP contribution in [0.15, 0.2) is 17.6 Å². The van der Waals surface area contributed by atoms with Gasteiger partial charge in [-0.25, -0.2) is 23.4 Å². The first kappa shape index (κ1) is 36.7. The monoisotopic (exact) mass is 636 g/mol. The molecule has 0 bridgehead atoms. The van der Waals surface area contributed by atoms with Crippen molar-refractivity contribution in [3.05, 3.63) is 23.2 Å². The number of thiophene rings is 1. The molecule has 4 rings (SSSR count). The summed E-state index contributed by atoms with van der Waals surface area (Å²) in [5, 5.41) is 2.18. The van der Waals surface area contributed by atoms with E-state index in [1.807, 2.05) is 27.7 Å². The fraction of sp³-hybridized carbons (Fsp3) is 0.645. The minimum absolute atomic E-state index is 0.200. The molecular formula is C31H52N6O4S2. The lowest BCUT2D eigenvalue weighted by molar-refractivity contribution is 0.122. The smallest absolute Gasteiger partial charge is 0.238 e. The van der Waals surface area contributed by atoms with Crippen LogP contribution in [0.4, 0.5) is 11.6 Å². The van der Waals surface area contributed by atoms with Crippen LogP contribution in [0.1, 0.15) is 73.3 Å². The van der Waals surface area contributed by atoms with E-state index in [2.05, 4.69) is 45.7 Å². The molecule has 0 aromatic carbocycles. The molecule has 3 aromatic heterocycles. The van der Waals surface area contributed by atoms with Gasteiger partial charge < -0.3 is 14.4 Å². The molecule has 1 fully saturated rings. The van der Waals surface area contributed by atoms with Gasteiger partial charge in [-0.05, 0) is 43.3 Å². The molecule has 3 aromatic rings. The molecule has 1 aliphatic heterocycles.